The fraction of sp³-hybridized carbons (Fsp3) is 0.250. The molecular weight excluding hydrogens is 310 g/mol. The van der Waals surface area contributed by atoms with Gasteiger partial charge in [-0.1, -0.05) is 12.1 Å². The van der Waals surface area contributed by atoms with Crippen LogP contribution in [0.4, 0.5) is 10.5 Å². The number of carbonyl (C=O) groups is 3. The molecule has 1 saturated heterocycles. The van der Waals surface area contributed by atoms with Crippen LogP contribution in [0, 0.1) is 0 Å². The third-order valence-electron chi connectivity index (χ3n) is 4.03. The molecule has 8 heteroatoms. The lowest BCUT2D eigenvalue weighted by molar-refractivity contribution is -0.130. The Hall–Kier alpha value is -3.16. The summed E-state index contributed by atoms with van der Waals surface area (Å²) in [6.07, 6.45) is 4.87. The third-order valence-corrected chi connectivity index (χ3v) is 4.03. The summed E-state index contributed by atoms with van der Waals surface area (Å²) in [4.78, 5) is 40.8. The number of amides is 4. The number of benzene rings is 1. The molecule has 3 rings (SSSR count). The smallest absolute Gasteiger partial charge is 0.325 e. The van der Waals surface area contributed by atoms with Gasteiger partial charge >= 0.3 is 6.03 Å². The molecule has 1 atom stereocenters. The minimum absolute atomic E-state index is 0.165. The first-order valence-corrected chi connectivity index (χ1v) is 7.36. The summed E-state index contributed by atoms with van der Waals surface area (Å²) in [6, 6.07) is 6.39. The minimum Gasteiger partial charge on any atom is -0.328 e. The predicted octanol–water partition coefficient (Wildman–Crippen LogP) is 0.919. The number of urea groups is 1. The molecule has 1 aromatic heterocycles. The van der Waals surface area contributed by atoms with Crippen molar-refractivity contribution in [1.29, 1.82) is 0 Å². The van der Waals surface area contributed by atoms with E-state index in [4.69, 9.17) is 0 Å². The summed E-state index contributed by atoms with van der Waals surface area (Å²) in [5.74, 6) is -0.499. The highest BCUT2D eigenvalue weighted by molar-refractivity contribution is 6.07. The normalized spacial score (nSPS) is 20.2. The van der Waals surface area contributed by atoms with Gasteiger partial charge in [0.15, 0.2) is 0 Å². The van der Waals surface area contributed by atoms with Gasteiger partial charge in [0, 0.05) is 25.1 Å². The lowest BCUT2D eigenvalue weighted by Gasteiger charge is -2.22. The number of imide groups is 1. The van der Waals surface area contributed by atoms with Crippen LogP contribution < -0.4 is 10.6 Å². The molecule has 0 saturated carbocycles. The van der Waals surface area contributed by atoms with Gasteiger partial charge in [0.05, 0.1) is 6.33 Å². The molecule has 0 aliphatic carbocycles. The Morgan fingerprint density at radius 3 is 2.54 bits per heavy atom. The third kappa shape index (κ3) is 2.73. The fourth-order valence-electron chi connectivity index (χ4n) is 2.61. The van der Waals surface area contributed by atoms with Gasteiger partial charge in [-0.3, -0.25) is 14.5 Å². The van der Waals surface area contributed by atoms with E-state index in [1.807, 2.05) is 0 Å². The van der Waals surface area contributed by atoms with E-state index in [0.717, 1.165) is 4.90 Å². The average molecular weight is 327 g/mol. The topological polar surface area (TPSA) is 96.3 Å². The molecule has 0 bridgehead atoms. The summed E-state index contributed by atoms with van der Waals surface area (Å²) in [5, 5.41) is 5.44. The molecule has 0 radical (unpaired) electrons. The highest BCUT2D eigenvalue weighted by Crippen LogP contribution is 2.28. The van der Waals surface area contributed by atoms with E-state index in [9.17, 15) is 14.4 Å². The number of hydrogen-bond donors (Lipinski definition) is 2. The maximum atomic E-state index is 12.2. The number of nitrogens with one attached hydrogen (secondary N) is 2. The van der Waals surface area contributed by atoms with Gasteiger partial charge in [0.25, 0.3) is 5.91 Å². The first-order chi connectivity index (χ1) is 11.4. The maximum Gasteiger partial charge on any atom is 0.325 e. The van der Waals surface area contributed by atoms with Crippen molar-refractivity contribution in [3.8, 4) is 0 Å². The summed E-state index contributed by atoms with van der Waals surface area (Å²) in [7, 11) is 1.44. The van der Waals surface area contributed by atoms with Gasteiger partial charge in [0.2, 0.25) is 5.91 Å². The SMILES string of the molecule is CN1C(=O)NC(C)(c2ccc(NC(=O)Cn3ccnc3)cc2)C1=O. The number of aromatic nitrogens is 2. The van der Waals surface area contributed by atoms with E-state index in [1.165, 1.54) is 7.05 Å². The quantitative estimate of drug-likeness (QED) is 0.816. The highest BCUT2D eigenvalue weighted by Gasteiger charge is 2.47. The van der Waals surface area contributed by atoms with Gasteiger partial charge < -0.3 is 15.2 Å². The van der Waals surface area contributed by atoms with Crippen LogP contribution in [0.25, 0.3) is 0 Å². The summed E-state index contributed by atoms with van der Waals surface area (Å²) < 4.78 is 1.66. The van der Waals surface area contributed by atoms with Crippen molar-refractivity contribution < 1.29 is 14.4 Å². The Morgan fingerprint density at radius 2 is 2.00 bits per heavy atom. The molecular formula is C16H17N5O3. The Morgan fingerprint density at radius 1 is 1.29 bits per heavy atom. The van der Waals surface area contributed by atoms with Crippen LogP contribution in [0.3, 0.4) is 0 Å². The van der Waals surface area contributed by atoms with E-state index in [-0.39, 0.29) is 18.4 Å². The number of likely N-dealkylation sites (N-methyl/N-ethyl adjacent to an activating group) is 1. The van der Waals surface area contributed by atoms with Crippen molar-refractivity contribution in [2.75, 3.05) is 12.4 Å². The molecule has 1 aromatic carbocycles. The first kappa shape index (κ1) is 15.7. The molecule has 8 nitrogen and oxygen atoms in total. The molecule has 124 valence electrons. The van der Waals surface area contributed by atoms with Crippen molar-refractivity contribution in [2.45, 2.75) is 19.0 Å². The molecule has 2 N–H and O–H groups in total. The second-order valence-electron chi connectivity index (χ2n) is 5.78. The largest absolute Gasteiger partial charge is 0.328 e. The maximum absolute atomic E-state index is 12.2. The van der Waals surface area contributed by atoms with Crippen LogP contribution in [0.15, 0.2) is 43.0 Å². The lowest BCUT2D eigenvalue weighted by atomic mass is 9.92. The van der Waals surface area contributed by atoms with E-state index >= 15 is 0 Å². The zero-order valence-corrected chi connectivity index (χ0v) is 13.3. The van der Waals surface area contributed by atoms with Crippen molar-refractivity contribution in [3.63, 3.8) is 0 Å². The number of carbonyl (C=O) groups excluding carboxylic acids is 3. The summed E-state index contributed by atoms with van der Waals surface area (Å²) in [6.45, 7) is 1.82. The molecule has 1 fully saturated rings. The number of hydrogen-bond acceptors (Lipinski definition) is 4. The Bertz CT molecular complexity index is 785. The van der Waals surface area contributed by atoms with Gasteiger partial charge in [-0.15, -0.1) is 0 Å². The van der Waals surface area contributed by atoms with Crippen molar-refractivity contribution >= 4 is 23.5 Å². The van der Waals surface area contributed by atoms with Gasteiger partial charge in [-0.2, -0.15) is 0 Å². The van der Waals surface area contributed by atoms with Crippen molar-refractivity contribution in [3.05, 3.63) is 48.5 Å². The minimum atomic E-state index is -1.09. The molecule has 2 aromatic rings. The number of nitrogens with zero attached hydrogens (tertiary/aromatic N) is 3. The standard InChI is InChI=1S/C16H17N5O3/c1-16(14(23)20(2)15(24)19-16)11-3-5-12(6-4-11)18-13(22)9-21-8-7-17-10-21/h3-8,10H,9H2,1-2H3,(H,18,22)(H,19,24). The van der Waals surface area contributed by atoms with Crippen LogP contribution >= 0.6 is 0 Å². The number of imidazole rings is 1. The van der Waals surface area contributed by atoms with Gasteiger partial charge in [-0.25, -0.2) is 9.78 Å². The number of anilines is 1. The van der Waals surface area contributed by atoms with E-state index in [1.54, 1.807) is 54.5 Å². The van der Waals surface area contributed by atoms with Crippen LogP contribution in [0.1, 0.15) is 12.5 Å². The second kappa shape index (κ2) is 5.80. The zero-order chi connectivity index (χ0) is 17.3. The number of rotatable bonds is 4. The molecule has 1 aliphatic heterocycles. The monoisotopic (exact) mass is 327 g/mol. The zero-order valence-electron chi connectivity index (χ0n) is 13.3. The van der Waals surface area contributed by atoms with Crippen molar-refractivity contribution in [2.24, 2.45) is 0 Å². The molecule has 2 heterocycles. The highest BCUT2D eigenvalue weighted by atomic mass is 16.2. The Labute approximate surface area is 138 Å². The first-order valence-electron chi connectivity index (χ1n) is 7.36. The van der Waals surface area contributed by atoms with Crippen LogP contribution in [-0.2, 0) is 21.7 Å². The summed E-state index contributed by atoms with van der Waals surface area (Å²) in [5.41, 5.74) is 0.168. The Balaban J connectivity index is 1.71. The van der Waals surface area contributed by atoms with E-state index in [0.29, 0.717) is 11.3 Å². The van der Waals surface area contributed by atoms with Crippen LogP contribution in [-0.4, -0.2) is 39.3 Å². The lowest BCUT2D eigenvalue weighted by Crippen LogP contribution is -2.40. The summed E-state index contributed by atoms with van der Waals surface area (Å²) >= 11 is 0. The second-order valence-corrected chi connectivity index (χ2v) is 5.78. The van der Waals surface area contributed by atoms with Crippen LogP contribution in [0.5, 0.6) is 0 Å². The van der Waals surface area contributed by atoms with Gasteiger partial charge in [0.1, 0.15) is 12.1 Å². The predicted molar refractivity (Wildman–Crippen MR) is 86.0 cm³/mol. The Kier molecular flexibility index (Phi) is 3.80. The molecule has 0 spiro atoms. The fourth-order valence-corrected chi connectivity index (χ4v) is 2.61. The van der Waals surface area contributed by atoms with Gasteiger partial charge in [-0.05, 0) is 24.6 Å². The molecule has 4 amide bonds. The molecule has 1 unspecified atom stereocenters. The van der Waals surface area contributed by atoms with Crippen molar-refractivity contribution in [1.82, 2.24) is 19.8 Å². The molecule has 24 heavy (non-hydrogen) atoms. The molecule has 1 aliphatic rings. The average Bonchev–Trinajstić information content (AvgIpc) is 3.12. The van der Waals surface area contributed by atoms with E-state index in [2.05, 4.69) is 15.6 Å². The van der Waals surface area contributed by atoms with Crippen LogP contribution in [0.2, 0.25) is 0 Å². The van der Waals surface area contributed by atoms with E-state index < -0.39 is 11.6 Å².